The summed E-state index contributed by atoms with van der Waals surface area (Å²) in [5, 5.41) is 11.0. The Hall–Kier alpha value is -1.16. The van der Waals surface area contributed by atoms with Gasteiger partial charge in [-0.2, -0.15) is 0 Å². The van der Waals surface area contributed by atoms with Crippen LogP contribution in [0.25, 0.3) is 0 Å². The summed E-state index contributed by atoms with van der Waals surface area (Å²) in [6, 6.07) is 17.5. The zero-order chi connectivity index (χ0) is 18.1. The minimum Gasteiger partial charge on any atom is -0.392 e. The van der Waals surface area contributed by atoms with Crippen molar-refractivity contribution in [2.45, 2.75) is 60.2 Å². The van der Waals surface area contributed by atoms with Gasteiger partial charge in [0.05, 0.1) is 22.3 Å². The highest BCUT2D eigenvalue weighted by Gasteiger charge is 2.57. The Morgan fingerprint density at radius 2 is 1.76 bits per heavy atom. The zero-order valence-corrected chi connectivity index (χ0v) is 16.3. The van der Waals surface area contributed by atoms with Gasteiger partial charge in [-0.05, 0) is 44.4 Å². The fraction of sp³-hybridized carbons (Fsp3) is 0.429. The summed E-state index contributed by atoms with van der Waals surface area (Å²) in [4.78, 5) is 0.705. The number of aryl methyl sites for hydroxylation is 1. The van der Waals surface area contributed by atoms with Crippen molar-refractivity contribution in [3.8, 4) is 0 Å². The predicted octanol–water partition coefficient (Wildman–Crippen LogP) is 4.93. The van der Waals surface area contributed by atoms with Gasteiger partial charge >= 0.3 is 0 Å². The van der Waals surface area contributed by atoms with Gasteiger partial charge in [0.2, 0.25) is 0 Å². The second-order valence-electron chi connectivity index (χ2n) is 7.10. The SMILES string of the molecule is Cc1ccc(S(=O)C(C)(Cl)C2(c3ccccc3)CCCCC2O)cc1. The van der Waals surface area contributed by atoms with Crippen molar-refractivity contribution < 1.29 is 9.32 Å². The largest absolute Gasteiger partial charge is 0.392 e. The van der Waals surface area contributed by atoms with Crippen molar-refractivity contribution in [1.82, 2.24) is 0 Å². The first-order valence-electron chi connectivity index (χ1n) is 8.80. The van der Waals surface area contributed by atoms with Gasteiger partial charge in [0.1, 0.15) is 4.21 Å². The molecule has 0 heterocycles. The normalized spacial score (nSPS) is 27.4. The van der Waals surface area contributed by atoms with Crippen LogP contribution in [-0.2, 0) is 16.2 Å². The molecule has 0 spiro atoms. The summed E-state index contributed by atoms with van der Waals surface area (Å²) in [6.45, 7) is 3.83. The van der Waals surface area contributed by atoms with Gasteiger partial charge in [0, 0.05) is 4.90 Å². The minimum atomic E-state index is -1.45. The third kappa shape index (κ3) is 3.18. The third-order valence-electron chi connectivity index (χ3n) is 5.54. The summed E-state index contributed by atoms with van der Waals surface area (Å²) in [5.41, 5.74) is 1.36. The Kier molecular flexibility index (Phi) is 5.38. The minimum absolute atomic E-state index is 0.611. The van der Waals surface area contributed by atoms with Crippen molar-refractivity contribution in [3.05, 3.63) is 65.7 Å². The van der Waals surface area contributed by atoms with Crippen molar-refractivity contribution in [2.24, 2.45) is 0 Å². The molecule has 0 saturated heterocycles. The van der Waals surface area contributed by atoms with E-state index in [1.165, 1.54) is 0 Å². The van der Waals surface area contributed by atoms with Gasteiger partial charge < -0.3 is 5.11 Å². The quantitative estimate of drug-likeness (QED) is 0.768. The third-order valence-corrected chi connectivity index (χ3v) is 8.06. The van der Waals surface area contributed by atoms with Crippen LogP contribution >= 0.6 is 11.6 Å². The summed E-state index contributed by atoms with van der Waals surface area (Å²) < 4.78 is 12.4. The maximum absolute atomic E-state index is 13.5. The van der Waals surface area contributed by atoms with E-state index in [9.17, 15) is 9.32 Å². The van der Waals surface area contributed by atoms with E-state index in [-0.39, 0.29) is 0 Å². The standard InChI is InChI=1S/C21H25ClO2S/c1-16-11-13-18(14-12-16)25(24)20(2,22)21(15-7-6-10-19(21)23)17-8-4-3-5-9-17/h3-5,8-9,11-14,19,23H,6-7,10,15H2,1-2H3. The second-order valence-corrected chi connectivity index (χ2v) is 9.90. The first kappa shape index (κ1) is 18.6. The fourth-order valence-electron chi connectivity index (χ4n) is 4.05. The van der Waals surface area contributed by atoms with Gasteiger partial charge in [-0.1, -0.05) is 60.9 Å². The van der Waals surface area contributed by atoms with Gasteiger partial charge in [0.15, 0.2) is 0 Å². The Morgan fingerprint density at radius 3 is 2.36 bits per heavy atom. The lowest BCUT2D eigenvalue weighted by Gasteiger charge is -2.50. The average molecular weight is 377 g/mol. The number of aliphatic hydroxyl groups is 1. The summed E-state index contributed by atoms with van der Waals surface area (Å²) in [5.74, 6) is 0. The van der Waals surface area contributed by atoms with Gasteiger partial charge in [-0.25, -0.2) is 0 Å². The van der Waals surface area contributed by atoms with Gasteiger partial charge in [-0.3, -0.25) is 4.21 Å². The van der Waals surface area contributed by atoms with E-state index in [0.29, 0.717) is 11.3 Å². The maximum Gasteiger partial charge on any atom is 0.133 e. The van der Waals surface area contributed by atoms with Crippen LogP contribution < -0.4 is 0 Å². The molecule has 25 heavy (non-hydrogen) atoms. The van der Waals surface area contributed by atoms with Crippen LogP contribution in [-0.4, -0.2) is 19.6 Å². The first-order valence-corrected chi connectivity index (χ1v) is 10.3. The lowest BCUT2D eigenvalue weighted by Crippen LogP contribution is -2.57. The highest BCUT2D eigenvalue weighted by molar-refractivity contribution is 7.88. The summed E-state index contributed by atoms with van der Waals surface area (Å²) >= 11 is 7.07. The summed E-state index contributed by atoms with van der Waals surface area (Å²) in [7, 11) is -1.45. The van der Waals surface area contributed by atoms with Crippen molar-refractivity contribution in [3.63, 3.8) is 0 Å². The smallest absolute Gasteiger partial charge is 0.133 e. The molecule has 2 aromatic carbocycles. The van der Waals surface area contributed by atoms with E-state index >= 15 is 0 Å². The topological polar surface area (TPSA) is 37.3 Å². The highest BCUT2D eigenvalue weighted by atomic mass is 35.5. The molecule has 134 valence electrons. The molecule has 1 N–H and O–H groups in total. The number of hydrogen-bond acceptors (Lipinski definition) is 2. The Bertz CT molecular complexity index is 742. The van der Waals surface area contributed by atoms with Crippen molar-refractivity contribution in [2.75, 3.05) is 0 Å². The van der Waals surface area contributed by atoms with E-state index in [1.54, 1.807) is 0 Å². The molecule has 4 unspecified atom stereocenters. The molecule has 2 nitrogen and oxygen atoms in total. The van der Waals surface area contributed by atoms with Crippen LogP contribution in [0.2, 0.25) is 0 Å². The molecular weight excluding hydrogens is 352 g/mol. The average Bonchev–Trinajstić information content (AvgIpc) is 2.63. The van der Waals surface area contributed by atoms with E-state index in [4.69, 9.17) is 11.6 Å². The van der Waals surface area contributed by atoms with Crippen molar-refractivity contribution in [1.29, 1.82) is 0 Å². The fourth-order valence-corrected chi connectivity index (χ4v) is 6.16. The number of aliphatic hydroxyl groups excluding tert-OH is 1. The van der Waals surface area contributed by atoms with Crippen LogP contribution in [0, 0.1) is 6.92 Å². The maximum atomic E-state index is 13.5. The molecule has 4 atom stereocenters. The molecule has 0 bridgehead atoms. The number of hydrogen-bond donors (Lipinski definition) is 1. The monoisotopic (exact) mass is 376 g/mol. The molecule has 1 aliphatic carbocycles. The van der Waals surface area contributed by atoms with E-state index in [0.717, 1.165) is 30.4 Å². The molecule has 0 amide bonds. The summed E-state index contributed by atoms with van der Waals surface area (Å²) in [6.07, 6.45) is 2.75. The molecule has 1 aliphatic rings. The number of alkyl halides is 1. The van der Waals surface area contributed by atoms with Crippen LogP contribution in [0.15, 0.2) is 59.5 Å². The predicted molar refractivity (Wildman–Crippen MR) is 104 cm³/mol. The van der Waals surface area contributed by atoms with Crippen LogP contribution in [0.4, 0.5) is 0 Å². The molecule has 2 aromatic rings. The Morgan fingerprint density at radius 1 is 1.12 bits per heavy atom. The molecule has 3 rings (SSSR count). The van der Waals surface area contributed by atoms with Crippen LogP contribution in [0.5, 0.6) is 0 Å². The zero-order valence-electron chi connectivity index (χ0n) is 14.7. The molecule has 4 heteroatoms. The second kappa shape index (κ2) is 7.22. The molecular formula is C21H25ClO2S. The lowest BCUT2D eigenvalue weighted by atomic mass is 9.65. The number of benzene rings is 2. The van der Waals surface area contributed by atoms with Crippen molar-refractivity contribution >= 4 is 22.4 Å². The molecule has 1 fully saturated rings. The van der Waals surface area contributed by atoms with E-state index in [2.05, 4.69) is 0 Å². The number of rotatable bonds is 4. The lowest BCUT2D eigenvalue weighted by molar-refractivity contribution is 0.0347. The van der Waals surface area contributed by atoms with E-state index < -0.39 is 26.5 Å². The van der Waals surface area contributed by atoms with Gasteiger partial charge in [0.25, 0.3) is 0 Å². The molecule has 0 aliphatic heterocycles. The number of halogens is 1. The Balaban J connectivity index is 2.11. The molecule has 1 saturated carbocycles. The first-order chi connectivity index (χ1) is 11.9. The van der Waals surface area contributed by atoms with E-state index in [1.807, 2.05) is 68.4 Å². The van der Waals surface area contributed by atoms with Crippen LogP contribution in [0.3, 0.4) is 0 Å². The molecule has 0 radical (unpaired) electrons. The highest BCUT2D eigenvalue weighted by Crippen LogP contribution is 2.53. The molecule has 0 aromatic heterocycles. The Labute approximate surface area is 157 Å². The van der Waals surface area contributed by atoms with Gasteiger partial charge in [-0.15, -0.1) is 11.6 Å². The van der Waals surface area contributed by atoms with Crippen LogP contribution in [0.1, 0.15) is 43.7 Å².